The summed E-state index contributed by atoms with van der Waals surface area (Å²) in [6.45, 7) is 4.58. The van der Waals surface area contributed by atoms with Crippen molar-refractivity contribution in [1.82, 2.24) is 5.32 Å². The van der Waals surface area contributed by atoms with Gasteiger partial charge in [0.2, 0.25) is 0 Å². The summed E-state index contributed by atoms with van der Waals surface area (Å²) in [5.74, 6) is 0.626. The lowest BCUT2D eigenvalue weighted by atomic mass is 10.3. The minimum absolute atomic E-state index is 0.0613. The number of aliphatic hydroxyl groups excluding tert-OH is 1. The summed E-state index contributed by atoms with van der Waals surface area (Å²) in [6.07, 6.45) is 0. The van der Waals surface area contributed by atoms with E-state index in [1.165, 1.54) is 0 Å². The van der Waals surface area contributed by atoms with E-state index < -0.39 is 0 Å². The predicted octanol–water partition coefficient (Wildman–Crippen LogP) is 2.47. The number of nitrogens with one attached hydrogen (secondary N) is 1. The molecular weight excluding hydrogens is 249 g/mol. The summed E-state index contributed by atoms with van der Waals surface area (Å²) < 4.78 is 5.41. The molecule has 0 atom stereocenters. The van der Waals surface area contributed by atoms with Crippen LogP contribution in [0.4, 0.5) is 0 Å². The SMILES string of the molecule is C=C(COc1ccc(Cl)c(Cl)c1)NCCO. The van der Waals surface area contributed by atoms with E-state index in [1.807, 2.05) is 0 Å². The van der Waals surface area contributed by atoms with Crippen LogP contribution in [0.1, 0.15) is 0 Å². The van der Waals surface area contributed by atoms with Gasteiger partial charge in [-0.3, -0.25) is 0 Å². The summed E-state index contributed by atoms with van der Waals surface area (Å²) in [6, 6.07) is 5.04. The molecule has 0 heterocycles. The highest BCUT2D eigenvalue weighted by molar-refractivity contribution is 6.42. The standard InChI is InChI=1S/C11H13Cl2NO2/c1-8(14-4-5-15)7-16-9-2-3-10(12)11(13)6-9/h2-3,6,14-15H,1,4-5,7H2. The van der Waals surface area contributed by atoms with E-state index in [2.05, 4.69) is 11.9 Å². The Kier molecular flexibility index (Phi) is 5.46. The second kappa shape index (κ2) is 6.63. The van der Waals surface area contributed by atoms with Crippen molar-refractivity contribution in [2.24, 2.45) is 0 Å². The molecule has 3 nitrogen and oxygen atoms in total. The van der Waals surface area contributed by atoms with Gasteiger partial charge in [0, 0.05) is 18.3 Å². The third kappa shape index (κ3) is 4.31. The van der Waals surface area contributed by atoms with Crippen molar-refractivity contribution in [3.63, 3.8) is 0 Å². The van der Waals surface area contributed by atoms with Crippen molar-refractivity contribution >= 4 is 23.2 Å². The Morgan fingerprint density at radius 1 is 1.38 bits per heavy atom. The Bertz CT molecular complexity index is 369. The highest BCUT2D eigenvalue weighted by atomic mass is 35.5. The van der Waals surface area contributed by atoms with Gasteiger partial charge in [-0.15, -0.1) is 0 Å². The summed E-state index contributed by atoms with van der Waals surface area (Å²) >= 11 is 11.6. The molecule has 1 rings (SSSR count). The molecule has 0 saturated carbocycles. The molecular formula is C11H13Cl2NO2. The Morgan fingerprint density at radius 3 is 2.75 bits per heavy atom. The Balaban J connectivity index is 2.42. The van der Waals surface area contributed by atoms with E-state index in [9.17, 15) is 0 Å². The van der Waals surface area contributed by atoms with Crippen LogP contribution in [0.25, 0.3) is 0 Å². The van der Waals surface area contributed by atoms with Crippen LogP contribution in [0.15, 0.2) is 30.5 Å². The van der Waals surface area contributed by atoms with E-state index in [1.54, 1.807) is 18.2 Å². The Hall–Kier alpha value is -0.900. The first kappa shape index (κ1) is 13.2. The molecule has 0 aromatic heterocycles. The van der Waals surface area contributed by atoms with E-state index in [-0.39, 0.29) is 6.61 Å². The third-order valence-electron chi connectivity index (χ3n) is 1.79. The first-order valence-corrected chi connectivity index (χ1v) is 5.49. The molecule has 0 amide bonds. The second-order valence-corrected chi connectivity index (χ2v) is 3.93. The smallest absolute Gasteiger partial charge is 0.127 e. The molecule has 1 aromatic rings. The minimum Gasteiger partial charge on any atom is -0.487 e. The zero-order valence-electron chi connectivity index (χ0n) is 8.67. The monoisotopic (exact) mass is 261 g/mol. The molecule has 0 radical (unpaired) electrons. The fourth-order valence-corrected chi connectivity index (χ4v) is 1.31. The summed E-state index contributed by atoms with van der Waals surface area (Å²) in [5.41, 5.74) is 0.695. The van der Waals surface area contributed by atoms with Gasteiger partial charge in [0.1, 0.15) is 12.4 Å². The van der Waals surface area contributed by atoms with E-state index in [4.69, 9.17) is 33.0 Å². The molecule has 1 aromatic carbocycles. The lowest BCUT2D eigenvalue weighted by Crippen LogP contribution is -2.21. The van der Waals surface area contributed by atoms with Crippen molar-refractivity contribution in [2.75, 3.05) is 19.8 Å². The fraction of sp³-hybridized carbons (Fsp3) is 0.273. The Morgan fingerprint density at radius 2 is 2.12 bits per heavy atom. The quantitative estimate of drug-likeness (QED) is 0.827. The third-order valence-corrected chi connectivity index (χ3v) is 2.53. The summed E-state index contributed by atoms with van der Waals surface area (Å²) in [7, 11) is 0. The van der Waals surface area contributed by atoms with Gasteiger partial charge in [-0.25, -0.2) is 0 Å². The van der Waals surface area contributed by atoms with Gasteiger partial charge in [0.25, 0.3) is 0 Å². The summed E-state index contributed by atoms with van der Waals surface area (Å²) in [5, 5.41) is 12.4. The molecule has 0 saturated heterocycles. The highest BCUT2D eigenvalue weighted by Crippen LogP contribution is 2.26. The lowest BCUT2D eigenvalue weighted by molar-refractivity contribution is 0.289. The van der Waals surface area contributed by atoms with Crippen LogP contribution >= 0.6 is 23.2 Å². The van der Waals surface area contributed by atoms with Gasteiger partial charge in [0.15, 0.2) is 0 Å². The number of halogens is 2. The normalized spacial score (nSPS) is 9.94. The molecule has 16 heavy (non-hydrogen) atoms. The van der Waals surface area contributed by atoms with Crippen molar-refractivity contribution in [2.45, 2.75) is 0 Å². The molecule has 0 aliphatic carbocycles. The topological polar surface area (TPSA) is 41.5 Å². The molecule has 88 valence electrons. The number of hydrogen-bond donors (Lipinski definition) is 2. The van der Waals surface area contributed by atoms with Crippen molar-refractivity contribution in [1.29, 1.82) is 0 Å². The fourth-order valence-electron chi connectivity index (χ4n) is 1.02. The number of hydrogen-bond acceptors (Lipinski definition) is 3. The zero-order chi connectivity index (χ0) is 12.0. The average Bonchev–Trinajstić information content (AvgIpc) is 2.28. The van der Waals surface area contributed by atoms with Crippen LogP contribution in [-0.2, 0) is 0 Å². The van der Waals surface area contributed by atoms with Crippen LogP contribution in [0.3, 0.4) is 0 Å². The molecule has 5 heteroatoms. The Labute approximate surface area is 105 Å². The maximum absolute atomic E-state index is 8.59. The molecule has 2 N–H and O–H groups in total. The van der Waals surface area contributed by atoms with Gasteiger partial charge >= 0.3 is 0 Å². The number of aliphatic hydroxyl groups is 1. The molecule has 0 aliphatic rings. The molecule has 0 aliphatic heterocycles. The number of benzene rings is 1. The van der Waals surface area contributed by atoms with Crippen molar-refractivity contribution < 1.29 is 9.84 Å². The van der Waals surface area contributed by atoms with Gasteiger partial charge < -0.3 is 15.2 Å². The number of ether oxygens (including phenoxy) is 1. The van der Waals surface area contributed by atoms with Crippen LogP contribution < -0.4 is 10.1 Å². The van der Waals surface area contributed by atoms with E-state index >= 15 is 0 Å². The maximum atomic E-state index is 8.59. The molecule has 0 bridgehead atoms. The van der Waals surface area contributed by atoms with Crippen molar-refractivity contribution in [3.05, 3.63) is 40.5 Å². The van der Waals surface area contributed by atoms with Gasteiger partial charge in [0.05, 0.1) is 16.7 Å². The molecule has 0 spiro atoms. The summed E-state index contributed by atoms with van der Waals surface area (Å²) in [4.78, 5) is 0. The largest absolute Gasteiger partial charge is 0.487 e. The first-order chi connectivity index (χ1) is 7.63. The van der Waals surface area contributed by atoms with Crippen LogP contribution in [0.5, 0.6) is 5.75 Å². The minimum atomic E-state index is 0.0613. The van der Waals surface area contributed by atoms with Crippen LogP contribution in [-0.4, -0.2) is 24.9 Å². The van der Waals surface area contributed by atoms with Gasteiger partial charge in [-0.05, 0) is 12.1 Å². The predicted molar refractivity (Wildman–Crippen MR) is 66.2 cm³/mol. The average molecular weight is 262 g/mol. The van der Waals surface area contributed by atoms with Gasteiger partial charge in [-0.1, -0.05) is 29.8 Å². The second-order valence-electron chi connectivity index (χ2n) is 3.12. The molecule has 0 unspecified atom stereocenters. The van der Waals surface area contributed by atoms with Gasteiger partial charge in [-0.2, -0.15) is 0 Å². The van der Waals surface area contributed by atoms with Crippen molar-refractivity contribution in [3.8, 4) is 5.75 Å². The van der Waals surface area contributed by atoms with Crippen LogP contribution in [0, 0.1) is 0 Å². The van der Waals surface area contributed by atoms with E-state index in [0.29, 0.717) is 34.6 Å². The molecule has 0 fully saturated rings. The zero-order valence-corrected chi connectivity index (χ0v) is 10.2. The highest BCUT2D eigenvalue weighted by Gasteiger charge is 2.01. The maximum Gasteiger partial charge on any atom is 0.127 e. The van der Waals surface area contributed by atoms with E-state index in [0.717, 1.165) is 0 Å². The number of rotatable bonds is 6. The van der Waals surface area contributed by atoms with Crippen LogP contribution in [0.2, 0.25) is 10.0 Å². The first-order valence-electron chi connectivity index (χ1n) is 4.74. The lowest BCUT2D eigenvalue weighted by Gasteiger charge is -2.10.